The molecule has 2 aromatic carbocycles. The number of carbonyl (C=O) groups is 1. The van der Waals surface area contributed by atoms with Crippen LogP contribution in [0.3, 0.4) is 0 Å². The van der Waals surface area contributed by atoms with Gasteiger partial charge in [0.1, 0.15) is 19.0 Å². The summed E-state index contributed by atoms with van der Waals surface area (Å²) in [4.78, 5) is 13.3. The van der Waals surface area contributed by atoms with Crippen molar-refractivity contribution in [2.24, 2.45) is 0 Å². The zero-order valence-corrected chi connectivity index (χ0v) is 15.1. The fourth-order valence-corrected chi connectivity index (χ4v) is 3.35. The number of fused-ring (bicyclic) bond motifs is 1. The Morgan fingerprint density at radius 1 is 1.16 bits per heavy atom. The molecule has 0 spiro atoms. The van der Waals surface area contributed by atoms with E-state index in [1.807, 2.05) is 49.4 Å². The van der Waals surface area contributed by atoms with Crippen molar-refractivity contribution in [2.45, 2.75) is 23.6 Å². The molecule has 0 saturated carbocycles. The number of benzene rings is 2. The average Bonchev–Trinajstić information content (AvgIpc) is 2.66. The fraction of sp³-hybridized carbons (Fsp3) is 0.316. The van der Waals surface area contributed by atoms with E-state index in [0.717, 1.165) is 27.7 Å². The first-order valence-electron chi connectivity index (χ1n) is 8.12. The number of hydrogen-bond acceptors (Lipinski definition) is 5. The zero-order chi connectivity index (χ0) is 17.6. The summed E-state index contributed by atoms with van der Waals surface area (Å²) in [6.07, 6.45) is 0. The predicted molar refractivity (Wildman–Crippen MR) is 97.6 cm³/mol. The standard InChI is InChI=1S/C19H21NO4S/c1-13(19(21)20-12-14-3-5-15(22-2)6-4-14)25-16-7-8-17-18(11-16)24-10-9-23-17/h3-8,11,13H,9-10,12H2,1-2H3,(H,20,21). The third-order valence-corrected chi connectivity index (χ3v) is 4.92. The molecule has 25 heavy (non-hydrogen) atoms. The minimum atomic E-state index is -0.208. The Hall–Kier alpha value is -2.34. The topological polar surface area (TPSA) is 56.8 Å². The van der Waals surface area contributed by atoms with Gasteiger partial charge in [0.15, 0.2) is 11.5 Å². The molecule has 1 atom stereocenters. The summed E-state index contributed by atoms with van der Waals surface area (Å²) in [6, 6.07) is 13.4. The molecular weight excluding hydrogens is 338 g/mol. The van der Waals surface area contributed by atoms with Crippen LogP contribution in [0.1, 0.15) is 12.5 Å². The molecule has 1 aliphatic rings. The minimum absolute atomic E-state index is 0.00397. The quantitative estimate of drug-likeness (QED) is 0.803. The first-order chi connectivity index (χ1) is 12.2. The molecule has 0 aromatic heterocycles. The number of methoxy groups -OCH3 is 1. The lowest BCUT2D eigenvalue weighted by Gasteiger charge is -2.19. The molecule has 5 nitrogen and oxygen atoms in total. The lowest BCUT2D eigenvalue weighted by Crippen LogP contribution is -2.30. The Bertz CT molecular complexity index is 733. The minimum Gasteiger partial charge on any atom is -0.497 e. The van der Waals surface area contributed by atoms with Crippen molar-refractivity contribution < 1.29 is 19.0 Å². The van der Waals surface area contributed by atoms with Gasteiger partial charge in [0.05, 0.1) is 12.4 Å². The van der Waals surface area contributed by atoms with Gasteiger partial charge in [-0.2, -0.15) is 0 Å². The number of carbonyl (C=O) groups excluding carboxylic acids is 1. The first-order valence-corrected chi connectivity index (χ1v) is 9.00. The summed E-state index contributed by atoms with van der Waals surface area (Å²) in [5.74, 6) is 2.29. The van der Waals surface area contributed by atoms with Gasteiger partial charge in [-0.25, -0.2) is 0 Å². The van der Waals surface area contributed by atoms with Gasteiger partial charge in [0.25, 0.3) is 0 Å². The number of hydrogen-bond donors (Lipinski definition) is 1. The van der Waals surface area contributed by atoms with E-state index in [-0.39, 0.29) is 11.2 Å². The van der Waals surface area contributed by atoms with Crippen LogP contribution in [0.4, 0.5) is 0 Å². The SMILES string of the molecule is COc1ccc(CNC(=O)C(C)Sc2ccc3c(c2)OCCO3)cc1. The normalized spacial score (nSPS) is 13.8. The van der Waals surface area contributed by atoms with E-state index >= 15 is 0 Å². The number of ether oxygens (including phenoxy) is 3. The van der Waals surface area contributed by atoms with Crippen molar-refractivity contribution in [3.63, 3.8) is 0 Å². The molecule has 1 amide bonds. The van der Waals surface area contributed by atoms with Crippen LogP contribution in [0.2, 0.25) is 0 Å². The molecule has 1 N–H and O–H groups in total. The summed E-state index contributed by atoms with van der Waals surface area (Å²) in [5, 5.41) is 2.75. The summed E-state index contributed by atoms with van der Waals surface area (Å²) >= 11 is 1.50. The molecule has 6 heteroatoms. The molecule has 0 bridgehead atoms. The highest BCUT2D eigenvalue weighted by molar-refractivity contribution is 8.00. The molecule has 0 aliphatic carbocycles. The highest BCUT2D eigenvalue weighted by Gasteiger charge is 2.17. The van der Waals surface area contributed by atoms with E-state index in [4.69, 9.17) is 14.2 Å². The molecule has 1 aliphatic heterocycles. The molecule has 1 heterocycles. The second-order valence-corrected chi connectivity index (χ2v) is 7.05. The molecular formula is C19H21NO4S. The maximum atomic E-state index is 12.3. The number of rotatable bonds is 6. The van der Waals surface area contributed by atoms with Crippen molar-refractivity contribution in [1.29, 1.82) is 0 Å². The summed E-state index contributed by atoms with van der Waals surface area (Å²) in [6.45, 7) is 3.52. The van der Waals surface area contributed by atoms with Gasteiger partial charge >= 0.3 is 0 Å². The molecule has 1 unspecified atom stereocenters. The number of nitrogens with one attached hydrogen (secondary N) is 1. The fourth-order valence-electron chi connectivity index (χ4n) is 2.43. The van der Waals surface area contributed by atoms with Gasteiger partial charge in [0.2, 0.25) is 5.91 Å². The first kappa shape index (κ1) is 17.5. The van der Waals surface area contributed by atoms with Crippen LogP contribution in [0.15, 0.2) is 47.4 Å². The Kier molecular flexibility index (Phi) is 5.71. The number of amides is 1. The Morgan fingerprint density at radius 3 is 2.60 bits per heavy atom. The Balaban J connectivity index is 1.53. The van der Waals surface area contributed by atoms with Crippen LogP contribution in [0.25, 0.3) is 0 Å². The third-order valence-electron chi connectivity index (χ3n) is 3.82. The summed E-state index contributed by atoms with van der Waals surface area (Å²) in [7, 11) is 1.63. The van der Waals surface area contributed by atoms with Gasteiger partial charge in [0, 0.05) is 11.4 Å². The van der Waals surface area contributed by atoms with Crippen LogP contribution < -0.4 is 19.5 Å². The zero-order valence-electron chi connectivity index (χ0n) is 14.3. The number of thioether (sulfide) groups is 1. The van der Waals surface area contributed by atoms with E-state index in [9.17, 15) is 4.79 Å². The maximum Gasteiger partial charge on any atom is 0.233 e. The van der Waals surface area contributed by atoms with E-state index in [0.29, 0.717) is 19.8 Å². The second-order valence-electron chi connectivity index (χ2n) is 5.63. The van der Waals surface area contributed by atoms with Gasteiger partial charge in [-0.1, -0.05) is 12.1 Å². The van der Waals surface area contributed by atoms with E-state index in [1.54, 1.807) is 7.11 Å². The largest absolute Gasteiger partial charge is 0.497 e. The van der Waals surface area contributed by atoms with Gasteiger partial charge < -0.3 is 19.5 Å². The van der Waals surface area contributed by atoms with E-state index < -0.39 is 0 Å². The van der Waals surface area contributed by atoms with Crippen molar-refractivity contribution in [3.8, 4) is 17.2 Å². The van der Waals surface area contributed by atoms with Gasteiger partial charge in [-0.3, -0.25) is 4.79 Å². The lowest BCUT2D eigenvalue weighted by molar-refractivity contribution is -0.120. The molecule has 0 saturated heterocycles. The smallest absolute Gasteiger partial charge is 0.233 e. The van der Waals surface area contributed by atoms with Crippen LogP contribution >= 0.6 is 11.8 Å². The lowest BCUT2D eigenvalue weighted by atomic mass is 10.2. The maximum absolute atomic E-state index is 12.3. The Morgan fingerprint density at radius 2 is 1.88 bits per heavy atom. The van der Waals surface area contributed by atoms with E-state index in [2.05, 4.69) is 5.32 Å². The third kappa shape index (κ3) is 4.60. The van der Waals surface area contributed by atoms with Gasteiger partial charge in [-0.05, 0) is 42.8 Å². The van der Waals surface area contributed by atoms with Crippen LogP contribution in [0, 0.1) is 0 Å². The summed E-state index contributed by atoms with van der Waals surface area (Å²) < 4.78 is 16.2. The van der Waals surface area contributed by atoms with Crippen molar-refractivity contribution >= 4 is 17.7 Å². The van der Waals surface area contributed by atoms with Crippen LogP contribution in [-0.2, 0) is 11.3 Å². The molecule has 0 fully saturated rings. The summed E-state index contributed by atoms with van der Waals surface area (Å²) in [5.41, 5.74) is 1.03. The molecule has 3 rings (SSSR count). The predicted octanol–water partition coefficient (Wildman–Crippen LogP) is 3.26. The van der Waals surface area contributed by atoms with Crippen molar-refractivity contribution in [2.75, 3.05) is 20.3 Å². The Labute approximate surface area is 151 Å². The van der Waals surface area contributed by atoms with Gasteiger partial charge in [-0.15, -0.1) is 11.8 Å². The van der Waals surface area contributed by atoms with Crippen LogP contribution in [0.5, 0.6) is 17.2 Å². The molecule has 0 radical (unpaired) electrons. The highest BCUT2D eigenvalue weighted by Crippen LogP contribution is 2.35. The van der Waals surface area contributed by atoms with E-state index in [1.165, 1.54) is 11.8 Å². The van der Waals surface area contributed by atoms with Crippen molar-refractivity contribution in [3.05, 3.63) is 48.0 Å². The molecule has 132 valence electrons. The molecule has 2 aromatic rings. The highest BCUT2D eigenvalue weighted by atomic mass is 32.2. The van der Waals surface area contributed by atoms with Crippen molar-refractivity contribution in [1.82, 2.24) is 5.32 Å². The monoisotopic (exact) mass is 359 g/mol. The van der Waals surface area contributed by atoms with Crippen LogP contribution in [-0.4, -0.2) is 31.5 Å². The second kappa shape index (κ2) is 8.16. The average molecular weight is 359 g/mol.